The number of benzene rings is 2. The van der Waals surface area contributed by atoms with Gasteiger partial charge in [0.1, 0.15) is 16.8 Å². The highest BCUT2D eigenvalue weighted by molar-refractivity contribution is 7.91. The average molecular weight is 526 g/mol. The fourth-order valence-electron chi connectivity index (χ4n) is 3.24. The monoisotopic (exact) mass is 525 g/mol. The van der Waals surface area contributed by atoms with Gasteiger partial charge in [-0.15, -0.1) is 0 Å². The first kappa shape index (κ1) is 23.2. The van der Waals surface area contributed by atoms with Crippen LogP contribution in [-0.4, -0.2) is 31.1 Å². The lowest BCUT2D eigenvalue weighted by Gasteiger charge is -2.05. The fourth-order valence-corrected chi connectivity index (χ4v) is 6.34. The van der Waals surface area contributed by atoms with Crippen molar-refractivity contribution in [2.75, 3.05) is 0 Å². The Hall–Kier alpha value is -2.99. The van der Waals surface area contributed by atoms with Gasteiger partial charge in [-0.05, 0) is 47.4 Å². The van der Waals surface area contributed by atoms with Crippen molar-refractivity contribution in [3.05, 3.63) is 92.7 Å². The van der Waals surface area contributed by atoms with Gasteiger partial charge in [-0.25, -0.2) is 21.8 Å². The van der Waals surface area contributed by atoms with Crippen molar-refractivity contribution < 1.29 is 21.8 Å². The minimum absolute atomic E-state index is 0.0524. The Balaban J connectivity index is 1.95. The summed E-state index contributed by atoms with van der Waals surface area (Å²) in [6.07, 6.45) is 1.11. The Morgan fingerprint density at radius 2 is 1.55 bits per heavy atom. The zero-order valence-electron chi connectivity index (χ0n) is 16.4. The van der Waals surface area contributed by atoms with E-state index in [1.807, 2.05) is 0 Å². The van der Waals surface area contributed by atoms with Crippen LogP contribution in [-0.2, 0) is 25.4 Å². The maximum atomic E-state index is 13.3. The summed E-state index contributed by atoms with van der Waals surface area (Å²) in [6, 6.07) is 13.8. The van der Waals surface area contributed by atoms with Crippen molar-refractivity contribution in [2.24, 2.45) is 0 Å². The standard InChI is InChI=1S/C20H13Cl2N3O6S2/c21-13-6-8-16(9-7-13)33(30,31)18-10-14(22)11-24-19(18)23-17(20(24)25(26)27)12-32(28,29)15-4-2-1-3-5-15/h1-11H,12H2. The Bertz CT molecular complexity index is 1600. The molecule has 4 aromatic rings. The van der Waals surface area contributed by atoms with Crippen molar-refractivity contribution in [1.29, 1.82) is 0 Å². The average Bonchev–Trinajstić information content (AvgIpc) is 3.11. The largest absolute Gasteiger partial charge is 0.358 e. The molecule has 4 rings (SSSR count). The maximum absolute atomic E-state index is 13.3. The summed E-state index contributed by atoms with van der Waals surface area (Å²) in [4.78, 5) is 14.5. The Morgan fingerprint density at radius 1 is 0.909 bits per heavy atom. The van der Waals surface area contributed by atoms with Crippen LogP contribution in [0.1, 0.15) is 5.69 Å². The van der Waals surface area contributed by atoms with E-state index in [1.165, 1.54) is 48.5 Å². The van der Waals surface area contributed by atoms with Gasteiger partial charge in [0.05, 0.1) is 14.8 Å². The fraction of sp³-hybridized carbons (Fsp3) is 0.0500. The van der Waals surface area contributed by atoms with Gasteiger partial charge in [0.15, 0.2) is 15.5 Å². The molecule has 0 atom stereocenters. The normalized spacial score (nSPS) is 12.2. The molecule has 0 unspecified atom stereocenters. The number of hydrogen-bond donors (Lipinski definition) is 0. The van der Waals surface area contributed by atoms with Crippen LogP contribution < -0.4 is 0 Å². The third kappa shape index (κ3) is 4.32. The van der Waals surface area contributed by atoms with E-state index in [4.69, 9.17) is 23.2 Å². The summed E-state index contributed by atoms with van der Waals surface area (Å²) in [5, 5.41) is 12.0. The molecule has 0 N–H and O–H groups in total. The molecule has 2 aromatic heterocycles. The Kier molecular flexibility index (Phi) is 5.91. The number of hydrogen-bond acceptors (Lipinski definition) is 7. The molecule has 0 fully saturated rings. The third-order valence-electron chi connectivity index (χ3n) is 4.71. The van der Waals surface area contributed by atoms with Gasteiger partial charge in [-0.1, -0.05) is 41.4 Å². The van der Waals surface area contributed by atoms with E-state index in [2.05, 4.69) is 4.98 Å². The molecule has 0 aliphatic heterocycles. The van der Waals surface area contributed by atoms with E-state index in [-0.39, 0.29) is 20.5 Å². The van der Waals surface area contributed by atoms with E-state index in [9.17, 15) is 26.9 Å². The zero-order valence-corrected chi connectivity index (χ0v) is 19.6. The lowest BCUT2D eigenvalue weighted by molar-refractivity contribution is -0.391. The van der Waals surface area contributed by atoms with Crippen molar-refractivity contribution in [1.82, 2.24) is 9.38 Å². The van der Waals surface area contributed by atoms with Crippen LogP contribution >= 0.6 is 23.2 Å². The maximum Gasteiger partial charge on any atom is 0.352 e. The quantitative estimate of drug-likeness (QED) is 0.270. The summed E-state index contributed by atoms with van der Waals surface area (Å²) < 4.78 is 53.1. The van der Waals surface area contributed by atoms with Crippen molar-refractivity contribution in [3.8, 4) is 0 Å². The molecular formula is C20H13Cl2N3O6S2. The predicted molar refractivity (Wildman–Crippen MR) is 121 cm³/mol. The lowest BCUT2D eigenvalue weighted by atomic mass is 10.4. The molecule has 2 heterocycles. The Labute approximate surface area is 198 Å². The zero-order chi connectivity index (χ0) is 24.0. The minimum Gasteiger partial charge on any atom is -0.358 e. The highest BCUT2D eigenvalue weighted by Crippen LogP contribution is 2.33. The van der Waals surface area contributed by atoms with Crippen LogP contribution in [0.3, 0.4) is 0 Å². The summed E-state index contributed by atoms with van der Waals surface area (Å²) in [7, 11) is -8.24. The molecule has 0 bridgehead atoms. The number of fused-ring (bicyclic) bond motifs is 1. The first-order valence-electron chi connectivity index (χ1n) is 9.14. The van der Waals surface area contributed by atoms with Gasteiger partial charge in [-0.2, -0.15) is 4.40 Å². The van der Waals surface area contributed by atoms with E-state index < -0.39 is 46.8 Å². The highest BCUT2D eigenvalue weighted by atomic mass is 35.5. The molecule has 0 saturated carbocycles. The number of imidazole rings is 1. The van der Waals surface area contributed by atoms with Gasteiger partial charge in [0.2, 0.25) is 15.5 Å². The second-order valence-corrected chi connectivity index (χ2v) is 11.7. The van der Waals surface area contributed by atoms with Gasteiger partial charge in [0, 0.05) is 5.02 Å². The molecule has 0 radical (unpaired) electrons. The van der Waals surface area contributed by atoms with Crippen molar-refractivity contribution in [2.45, 2.75) is 20.4 Å². The number of nitro groups is 1. The van der Waals surface area contributed by atoms with Crippen molar-refractivity contribution in [3.63, 3.8) is 0 Å². The van der Waals surface area contributed by atoms with Crippen LogP contribution in [0.5, 0.6) is 0 Å². The summed E-state index contributed by atoms with van der Waals surface area (Å²) in [6.45, 7) is 0. The number of rotatable bonds is 6. The molecule has 0 aliphatic rings. The molecule has 0 saturated heterocycles. The molecule has 2 aromatic carbocycles. The Morgan fingerprint density at radius 3 is 2.15 bits per heavy atom. The van der Waals surface area contributed by atoms with E-state index in [0.29, 0.717) is 5.02 Å². The van der Waals surface area contributed by atoms with E-state index in [1.54, 1.807) is 6.07 Å². The summed E-state index contributed by atoms with van der Waals surface area (Å²) in [5.41, 5.74) is -0.738. The first-order chi connectivity index (χ1) is 15.5. The highest BCUT2D eigenvalue weighted by Gasteiger charge is 2.33. The van der Waals surface area contributed by atoms with Gasteiger partial charge in [0.25, 0.3) is 0 Å². The molecule has 170 valence electrons. The first-order valence-corrected chi connectivity index (χ1v) is 13.0. The van der Waals surface area contributed by atoms with Crippen molar-refractivity contribution >= 4 is 54.3 Å². The second-order valence-electron chi connectivity index (χ2n) is 6.88. The van der Waals surface area contributed by atoms with Gasteiger partial charge >= 0.3 is 5.82 Å². The number of halogens is 2. The molecule has 0 amide bonds. The molecule has 0 aliphatic carbocycles. The number of pyridine rings is 1. The van der Waals surface area contributed by atoms with Gasteiger partial charge < -0.3 is 10.1 Å². The summed E-state index contributed by atoms with van der Waals surface area (Å²) >= 11 is 11.9. The lowest BCUT2D eigenvalue weighted by Crippen LogP contribution is -2.07. The van der Waals surface area contributed by atoms with E-state index >= 15 is 0 Å². The third-order valence-corrected chi connectivity index (χ3v) is 8.59. The summed E-state index contributed by atoms with van der Waals surface area (Å²) in [5.74, 6) is -1.51. The molecule has 33 heavy (non-hydrogen) atoms. The molecule has 9 nitrogen and oxygen atoms in total. The molecule has 13 heteroatoms. The van der Waals surface area contributed by atoms with Crippen LogP contribution in [0, 0.1) is 10.1 Å². The SMILES string of the molecule is O=[N+]([O-])c1c(CS(=O)(=O)c2ccccc2)nc2c(S(=O)(=O)c3ccc(Cl)cc3)cc(Cl)cn12. The predicted octanol–water partition coefficient (Wildman–Crippen LogP) is 4.36. The van der Waals surface area contributed by atoms with Crippen LogP contribution in [0.4, 0.5) is 5.82 Å². The number of sulfone groups is 2. The smallest absolute Gasteiger partial charge is 0.352 e. The second kappa shape index (κ2) is 8.41. The van der Waals surface area contributed by atoms with Crippen LogP contribution in [0.25, 0.3) is 5.65 Å². The number of nitrogens with zero attached hydrogens (tertiary/aromatic N) is 3. The molecule has 0 spiro atoms. The van der Waals surface area contributed by atoms with Gasteiger partial charge in [-0.3, -0.25) is 0 Å². The van der Waals surface area contributed by atoms with Crippen LogP contribution in [0.15, 0.2) is 81.5 Å². The topological polar surface area (TPSA) is 129 Å². The minimum atomic E-state index is -4.23. The van der Waals surface area contributed by atoms with E-state index in [0.717, 1.165) is 16.7 Å². The van der Waals surface area contributed by atoms with Crippen LogP contribution in [0.2, 0.25) is 10.0 Å². The molecular weight excluding hydrogens is 513 g/mol. The number of aromatic nitrogens is 2.